The summed E-state index contributed by atoms with van der Waals surface area (Å²) in [4.78, 5) is 8.04. The average molecular weight is 267 g/mol. The van der Waals surface area contributed by atoms with Crippen molar-refractivity contribution in [2.24, 2.45) is 0 Å². The van der Waals surface area contributed by atoms with Crippen LogP contribution in [0.15, 0.2) is 23.6 Å². The van der Waals surface area contributed by atoms with Gasteiger partial charge in [-0.15, -0.1) is 5.10 Å². The Kier molecular flexibility index (Phi) is 4.69. The molecular formula is C10H13N5S2. The van der Waals surface area contributed by atoms with Crippen molar-refractivity contribution in [1.82, 2.24) is 19.6 Å². The van der Waals surface area contributed by atoms with Gasteiger partial charge in [0.05, 0.1) is 5.03 Å². The van der Waals surface area contributed by atoms with Crippen molar-refractivity contribution in [2.45, 2.75) is 24.1 Å². The molecule has 0 fully saturated rings. The first-order valence-corrected chi connectivity index (χ1v) is 7.10. The van der Waals surface area contributed by atoms with E-state index in [0.717, 1.165) is 34.4 Å². The molecule has 0 saturated heterocycles. The predicted octanol–water partition coefficient (Wildman–Crippen LogP) is 2.44. The van der Waals surface area contributed by atoms with Gasteiger partial charge in [0, 0.05) is 30.0 Å². The summed E-state index contributed by atoms with van der Waals surface area (Å²) in [5.41, 5.74) is 0.993. The highest BCUT2D eigenvalue weighted by Gasteiger charge is 2.07. The maximum Gasteiger partial charge on any atom is 0.134 e. The van der Waals surface area contributed by atoms with Crippen LogP contribution in [0.3, 0.4) is 0 Å². The van der Waals surface area contributed by atoms with E-state index in [1.165, 1.54) is 11.5 Å². The number of thioether (sulfide) groups is 1. The van der Waals surface area contributed by atoms with Crippen molar-refractivity contribution in [3.63, 3.8) is 0 Å². The summed E-state index contributed by atoms with van der Waals surface area (Å²) >= 11 is 3.05. The molecule has 0 radical (unpaired) electrons. The Morgan fingerprint density at radius 1 is 1.47 bits per heavy atom. The summed E-state index contributed by atoms with van der Waals surface area (Å²) in [5, 5.41) is 9.47. The molecule has 0 aliphatic heterocycles. The van der Waals surface area contributed by atoms with Gasteiger partial charge in [0.25, 0.3) is 0 Å². The van der Waals surface area contributed by atoms with Crippen molar-refractivity contribution >= 4 is 28.3 Å². The molecule has 90 valence electrons. The molecule has 0 saturated carbocycles. The van der Waals surface area contributed by atoms with Crippen molar-refractivity contribution in [2.75, 3.05) is 11.9 Å². The monoisotopic (exact) mass is 267 g/mol. The Bertz CT molecular complexity index is 445. The van der Waals surface area contributed by atoms with E-state index in [4.69, 9.17) is 0 Å². The second-order valence-corrected chi connectivity index (χ2v) is 5.06. The minimum absolute atomic E-state index is 0.777. The summed E-state index contributed by atoms with van der Waals surface area (Å²) < 4.78 is 3.97. The van der Waals surface area contributed by atoms with Gasteiger partial charge < -0.3 is 5.32 Å². The summed E-state index contributed by atoms with van der Waals surface area (Å²) in [6.45, 7) is 3.09. The second kappa shape index (κ2) is 6.51. The second-order valence-electron chi connectivity index (χ2n) is 3.31. The number of rotatable bonds is 6. The average Bonchev–Trinajstić information content (AvgIpc) is 2.82. The van der Waals surface area contributed by atoms with E-state index >= 15 is 0 Å². The van der Waals surface area contributed by atoms with E-state index in [1.807, 2.05) is 6.07 Å². The molecule has 2 aromatic heterocycles. The number of nitrogens with one attached hydrogen (secondary N) is 1. The van der Waals surface area contributed by atoms with Crippen LogP contribution in [0.2, 0.25) is 0 Å². The van der Waals surface area contributed by atoms with Gasteiger partial charge in [-0.1, -0.05) is 23.2 Å². The van der Waals surface area contributed by atoms with E-state index in [-0.39, 0.29) is 0 Å². The zero-order valence-electron chi connectivity index (χ0n) is 9.46. The number of hydrogen-bond donors (Lipinski definition) is 1. The lowest BCUT2D eigenvalue weighted by atomic mass is 10.4. The molecule has 5 nitrogen and oxygen atoms in total. The highest BCUT2D eigenvalue weighted by atomic mass is 32.2. The molecule has 2 aromatic rings. The van der Waals surface area contributed by atoms with Crippen LogP contribution in [0, 0.1) is 0 Å². The van der Waals surface area contributed by atoms with Gasteiger partial charge in [0.2, 0.25) is 0 Å². The molecule has 1 N–H and O–H groups in total. The molecule has 2 rings (SSSR count). The van der Waals surface area contributed by atoms with E-state index < -0.39 is 0 Å². The number of aromatic nitrogens is 4. The third-order valence-electron chi connectivity index (χ3n) is 2.00. The fraction of sp³-hybridized carbons (Fsp3) is 0.400. The molecule has 0 spiro atoms. The van der Waals surface area contributed by atoms with Crippen molar-refractivity contribution in [3.8, 4) is 0 Å². The normalized spacial score (nSPS) is 10.4. The Morgan fingerprint density at radius 2 is 2.41 bits per heavy atom. The molecule has 0 aromatic carbocycles. The summed E-state index contributed by atoms with van der Waals surface area (Å²) in [6, 6.07) is 1.89. The fourth-order valence-corrected chi connectivity index (χ4v) is 2.64. The molecule has 2 heterocycles. The van der Waals surface area contributed by atoms with Crippen molar-refractivity contribution < 1.29 is 0 Å². The van der Waals surface area contributed by atoms with Gasteiger partial charge in [-0.2, -0.15) is 0 Å². The number of hydrogen-bond acceptors (Lipinski definition) is 7. The lowest BCUT2D eigenvalue weighted by Gasteiger charge is -2.02. The van der Waals surface area contributed by atoms with Crippen LogP contribution in [-0.4, -0.2) is 26.1 Å². The first-order chi connectivity index (χ1) is 8.40. The third kappa shape index (κ3) is 3.64. The zero-order valence-corrected chi connectivity index (χ0v) is 11.1. The summed E-state index contributed by atoms with van der Waals surface area (Å²) in [5.74, 6) is 0.777. The van der Waals surface area contributed by atoms with E-state index in [0.29, 0.717) is 0 Å². The molecule has 0 atom stereocenters. The Morgan fingerprint density at radius 3 is 3.18 bits per heavy atom. The SMILES string of the molecule is CCCNc1snnc1CSc1ccncn1. The Hall–Kier alpha value is -1.21. The van der Waals surface area contributed by atoms with E-state index in [1.54, 1.807) is 24.3 Å². The van der Waals surface area contributed by atoms with Gasteiger partial charge in [0.15, 0.2) is 0 Å². The first-order valence-electron chi connectivity index (χ1n) is 5.34. The minimum Gasteiger partial charge on any atom is -0.374 e. The van der Waals surface area contributed by atoms with Crippen LogP contribution in [-0.2, 0) is 5.75 Å². The van der Waals surface area contributed by atoms with Crippen LogP contribution in [0.4, 0.5) is 5.00 Å². The predicted molar refractivity (Wildman–Crippen MR) is 70.3 cm³/mol. The van der Waals surface area contributed by atoms with Crippen LogP contribution >= 0.6 is 23.3 Å². The lowest BCUT2D eigenvalue weighted by molar-refractivity contribution is 0.976. The summed E-state index contributed by atoms with van der Waals surface area (Å²) in [7, 11) is 0. The molecule has 7 heteroatoms. The molecule has 0 aliphatic carbocycles. The smallest absolute Gasteiger partial charge is 0.134 e. The third-order valence-corrected chi connectivity index (χ3v) is 3.68. The highest BCUT2D eigenvalue weighted by molar-refractivity contribution is 7.98. The Balaban J connectivity index is 1.92. The van der Waals surface area contributed by atoms with E-state index in [9.17, 15) is 0 Å². The number of nitrogens with zero attached hydrogens (tertiary/aromatic N) is 4. The van der Waals surface area contributed by atoms with Gasteiger partial charge in [-0.3, -0.25) is 0 Å². The maximum atomic E-state index is 4.16. The maximum absolute atomic E-state index is 4.16. The van der Waals surface area contributed by atoms with Crippen LogP contribution < -0.4 is 5.32 Å². The van der Waals surface area contributed by atoms with Crippen LogP contribution in [0.5, 0.6) is 0 Å². The standard InChI is InChI=1S/C10H13N5S2/c1-2-4-12-10-8(14-15-17-10)6-16-9-3-5-11-7-13-9/h3,5,7,12H,2,4,6H2,1H3. The topological polar surface area (TPSA) is 63.6 Å². The summed E-state index contributed by atoms with van der Waals surface area (Å²) in [6.07, 6.45) is 4.39. The molecular weight excluding hydrogens is 254 g/mol. The van der Waals surface area contributed by atoms with Gasteiger partial charge in [-0.25, -0.2) is 9.97 Å². The lowest BCUT2D eigenvalue weighted by Crippen LogP contribution is -2.00. The van der Waals surface area contributed by atoms with Crippen LogP contribution in [0.1, 0.15) is 19.0 Å². The Labute approximate surface area is 108 Å². The zero-order chi connectivity index (χ0) is 11.9. The van der Waals surface area contributed by atoms with Gasteiger partial charge in [-0.05, 0) is 12.5 Å². The number of anilines is 1. The highest BCUT2D eigenvalue weighted by Crippen LogP contribution is 2.25. The fourth-order valence-electron chi connectivity index (χ4n) is 1.18. The minimum atomic E-state index is 0.777. The van der Waals surface area contributed by atoms with Gasteiger partial charge >= 0.3 is 0 Å². The molecule has 0 amide bonds. The van der Waals surface area contributed by atoms with Crippen LogP contribution in [0.25, 0.3) is 0 Å². The molecule has 0 bridgehead atoms. The molecule has 17 heavy (non-hydrogen) atoms. The van der Waals surface area contributed by atoms with Crippen molar-refractivity contribution in [3.05, 3.63) is 24.3 Å². The van der Waals surface area contributed by atoms with E-state index in [2.05, 4.69) is 31.8 Å². The largest absolute Gasteiger partial charge is 0.374 e. The first kappa shape index (κ1) is 12.3. The molecule has 0 aliphatic rings. The molecule has 0 unspecified atom stereocenters. The quantitative estimate of drug-likeness (QED) is 0.640. The van der Waals surface area contributed by atoms with Crippen molar-refractivity contribution in [1.29, 1.82) is 0 Å². The van der Waals surface area contributed by atoms with Gasteiger partial charge in [0.1, 0.15) is 17.0 Å².